The Hall–Kier alpha value is -2.31. The third kappa shape index (κ3) is 3.24. The molecule has 0 saturated carbocycles. The Bertz CT molecular complexity index is 1120. The second-order valence-electron chi connectivity index (χ2n) is 7.80. The number of halogens is 1. The molecule has 0 N–H and O–H groups in total. The number of ether oxygens (including phenoxy) is 2. The fourth-order valence-corrected chi connectivity index (χ4v) is 5.36. The number of hydrogen-bond acceptors (Lipinski definition) is 6. The first-order valence-corrected chi connectivity index (χ1v) is 10.9. The lowest BCUT2D eigenvalue weighted by Crippen LogP contribution is -2.51. The molecule has 1 fully saturated rings. The second-order valence-corrected chi connectivity index (χ2v) is 9.22. The van der Waals surface area contributed by atoms with Crippen LogP contribution in [0.1, 0.15) is 35.2 Å². The molecule has 2 aliphatic rings. The lowest BCUT2D eigenvalue weighted by molar-refractivity contribution is 0.0232. The van der Waals surface area contributed by atoms with E-state index in [4.69, 9.17) is 26.1 Å². The molecule has 0 atom stereocenters. The molecule has 150 valence electrons. The summed E-state index contributed by atoms with van der Waals surface area (Å²) in [4.78, 5) is 19.9. The molecule has 0 aliphatic carbocycles. The summed E-state index contributed by atoms with van der Waals surface area (Å²) < 4.78 is 12.8. The van der Waals surface area contributed by atoms with Gasteiger partial charge in [0.1, 0.15) is 17.1 Å². The topological polar surface area (TPSA) is 51.7 Å². The number of fused-ring (bicyclic) bond motifs is 2. The first-order chi connectivity index (χ1) is 14.0. The number of benzene rings is 2. The zero-order valence-corrected chi connectivity index (χ0v) is 17.9. The average Bonchev–Trinajstić information content (AvgIpc) is 3.13. The number of aryl methyl sites for hydroxylation is 1. The maximum absolute atomic E-state index is 12.8. The molecule has 3 heterocycles. The van der Waals surface area contributed by atoms with Crippen molar-refractivity contribution in [3.8, 4) is 11.5 Å². The summed E-state index contributed by atoms with van der Waals surface area (Å²) in [7, 11) is 1.67. The van der Waals surface area contributed by atoms with E-state index in [9.17, 15) is 4.79 Å². The molecule has 0 bridgehead atoms. The molecule has 0 radical (unpaired) electrons. The third-order valence-electron chi connectivity index (χ3n) is 5.90. The predicted molar refractivity (Wildman–Crippen MR) is 116 cm³/mol. The van der Waals surface area contributed by atoms with Crippen molar-refractivity contribution in [3.05, 3.63) is 46.5 Å². The van der Waals surface area contributed by atoms with E-state index in [0.717, 1.165) is 52.6 Å². The summed E-state index contributed by atoms with van der Waals surface area (Å²) in [6, 6.07) is 9.59. The Kier molecular flexibility index (Phi) is 4.44. The highest BCUT2D eigenvalue weighted by Gasteiger charge is 2.43. The summed E-state index contributed by atoms with van der Waals surface area (Å²) in [6.07, 6.45) is 1.99. The van der Waals surface area contributed by atoms with Crippen molar-refractivity contribution in [2.45, 2.75) is 31.8 Å². The van der Waals surface area contributed by atoms with Gasteiger partial charge in [0.2, 0.25) is 0 Å². The second kappa shape index (κ2) is 6.89. The van der Waals surface area contributed by atoms with E-state index in [-0.39, 0.29) is 5.78 Å². The zero-order chi connectivity index (χ0) is 20.2. The minimum absolute atomic E-state index is 0.119. The zero-order valence-electron chi connectivity index (χ0n) is 16.3. The number of nitrogens with zero attached hydrogens (tertiary/aromatic N) is 2. The van der Waals surface area contributed by atoms with Crippen LogP contribution in [-0.4, -0.2) is 36.6 Å². The van der Waals surface area contributed by atoms with Crippen molar-refractivity contribution >= 4 is 44.1 Å². The monoisotopic (exact) mass is 428 g/mol. The van der Waals surface area contributed by atoms with Crippen LogP contribution in [-0.2, 0) is 0 Å². The fourth-order valence-electron chi connectivity index (χ4n) is 4.15. The third-order valence-corrected chi connectivity index (χ3v) is 7.39. The van der Waals surface area contributed by atoms with Gasteiger partial charge in [-0.3, -0.25) is 4.79 Å². The Balaban J connectivity index is 1.36. The summed E-state index contributed by atoms with van der Waals surface area (Å²) in [5.74, 6) is 1.63. The fraction of sp³-hybridized carbons (Fsp3) is 0.364. The molecule has 2 aliphatic heterocycles. The van der Waals surface area contributed by atoms with Crippen molar-refractivity contribution in [1.82, 2.24) is 4.98 Å². The van der Waals surface area contributed by atoms with E-state index >= 15 is 0 Å². The van der Waals surface area contributed by atoms with Crippen LogP contribution in [0, 0.1) is 6.92 Å². The highest BCUT2D eigenvalue weighted by atomic mass is 35.5. The Morgan fingerprint density at radius 3 is 2.79 bits per heavy atom. The van der Waals surface area contributed by atoms with Gasteiger partial charge in [-0.2, -0.15) is 0 Å². The van der Waals surface area contributed by atoms with Crippen LogP contribution in [0.5, 0.6) is 11.5 Å². The maximum atomic E-state index is 12.8. The molecule has 7 heteroatoms. The van der Waals surface area contributed by atoms with Crippen molar-refractivity contribution in [2.75, 3.05) is 25.1 Å². The number of aromatic nitrogens is 1. The van der Waals surface area contributed by atoms with Gasteiger partial charge in [0.25, 0.3) is 0 Å². The molecule has 3 aromatic rings. The van der Waals surface area contributed by atoms with Crippen molar-refractivity contribution < 1.29 is 14.3 Å². The molecule has 5 nitrogen and oxygen atoms in total. The van der Waals surface area contributed by atoms with E-state index in [2.05, 4.69) is 4.90 Å². The lowest BCUT2D eigenvalue weighted by Gasteiger charge is -2.44. The molecule has 5 rings (SSSR count). The molecule has 1 saturated heterocycles. The predicted octanol–water partition coefficient (Wildman–Crippen LogP) is 5.27. The van der Waals surface area contributed by atoms with Crippen molar-refractivity contribution in [3.63, 3.8) is 0 Å². The number of thiazole rings is 1. The lowest BCUT2D eigenvalue weighted by atomic mass is 9.82. The Morgan fingerprint density at radius 1 is 1.24 bits per heavy atom. The maximum Gasteiger partial charge on any atom is 0.186 e. The van der Waals surface area contributed by atoms with Gasteiger partial charge in [-0.1, -0.05) is 22.9 Å². The van der Waals surface area contributed by atoms with E-state index in [1.807, 2.05) is 31.2 Å². The molecule has 0 amide bonds. The van der Waals surface area contributed by atoms with Gasteiger partial charge in [0.15, 0.2) is 10.9 Å². The molecular weight excluding hydrogens is 408 g/mol. The largest absolute Gasteiger partial charge is 0.497 e. The first kappa shape index (κ1) is 18.7. The van der Waals surface area contributed by atoms with Crippen LogP contribution in [0.25, 0.3) is 10.2 Å². The minimum atomic E-state index is -0.430. The Labute approximate surface area is 178 Å². The number of anilines is 1. The minimum Gasteiger partial charge on any atom is -0.497 e. The van der Waals surface area contributed by atoms with Gasteiger partial charge < -0.3 is 14.4 Å². The van der Waals surface area contributed by atoms with E-state index in [1.54, 1.807) is 24.5 Å². The van der Waals surface area contributed by atoms with Crippen LogP contribution in [0.2, 0.25) is 5.02 Å². The van der Waals surface area contributed by atoms with E-state index < -0.39 is 5.60 Å². The number of carbonyl (C=O) groups excluding carboxylic acids is 1. The summed E-state index contributed by atoms with van der Waals surface area (Å²) >= 11 is 7.87. The van der Waals surface area contributed by atoms with Gasteiger partial charge in [0, 0.05) is 31.0 Å². The highest BCUT2D eigenvalue weighted by Crippen LogP contribution is 2.42. The van der Waals surface area contributed by atoms with Gasteiger partial charge in [-0.25, -0.2) is 4.98 Å². The van der Waals surface area contributed by atoms with Crippen LogP contribution in [0.4, 0.5) is 5.13 Å². The molecule has 1 aromatic heterocycles. The number of Topliss-reactive ketones (excluding diaryl/α,β-unsaturated/α-hetero) is 1. The van der Waals surface area contributed by atoms with Crippen molar-refractivity contribution in [2.24, 2.45) is 0 Å². The number of rotatable bonds is 2. The van der Waals surface area contributed by atoms with Gasteiger partial charge >= 0.3 is 0 Å². The Morgan fingerprint density at radius 2 is 2.03 bits per heavy atom. The first-order valence-electron chi connectivity index (χ1n) is 9.68. The standard InChI is InChI=1S/C22H21ClN2O3S/c1-13-9-19-15(11-16(13)23)18(26)12-22(28-19)5-7-25(8-6-22)21-24-17-4-3-14(27-2)10-20(17)29-21/h3-4,9-11H,5-8,12H2,1-2H3. The summed E-state index contributed by atoms with van der Waals surface area (Å²) in [5, 5.41) is 1.62. The van der Waals surface area contributed by atoms with Crippen LogP contribution < -0.4 is 14.4 Å². The van der Waals surface area contributed by atoms with Crippen LogP contribution in [0.15, 0.2) is 30.3 Å². The SMILES string of the molecule is COc1ccc2nc(N3CCC4(CC3)CC(=O)c3cc(Cl)c(C)cc3O4)sc2c1. The van der Waals surface area contributed by atoms with Crippen molar-refractivity contribution in [1.29, 1.82) is 0 Å². The van der Waals surface area contributed by atoms with Gasteiger partial charge in [-0.05, 0) is 42.8 Å². The van der Waals surface area contributed by atoms with Gasteiger partial charge in [-0.15, -0.1) is 0 Å². The smallest absolute Gasteiger partial charge is 0.186 e. The van der Waals surface area contributed by atoms with Gasteiger partial charge in [0.05, 0.1) is 29.3 Å². The number of ketones is 1. The van der Waals surface area contributed by atoms with Crippen LogP contribution >= 0.6 is 22.9 Å². The van der Waals surface area contributed by atoms with E-state index in [0.29, 0.717) is 22.8 Å². The molecule has 0 unspecified atom stereocenters. The van der Waals surface area contributed by atoms with E-state index in [1.165, 1.54) is 0 Å². The summed E-state index contributed by atoms with van der Waals surface area (Å²) in [6.45, 7) is 3.56. The molecule has 2 aromatic carbocycles. The number of carbonyl (C=O) groups is 1. The normalized spacial score (nSPS) is 18.0. The summed E-state index contributed by atoms with van der Waals surface area (Å²) in [5.41, 5.74) is 2.09. The molecular formula is C22H21ClN2O3S. The number of hydrogen-bond donors (Lipinski definition) is 0. The highest BCUT2D eigenvalue weighted by molar-refractivity contribution is 7.22. The average molecular weight is 429 g/mol. The quantitative estimate of drug-likeness (QED) is 0.556. The molecule has 29 heavy (non-hydrogen) atoms. The molecule has 1 spiro atoms. The van der Waals surface area contributed by atoms with Crippen LogP contribution in [0.3, 0.4) is 0 Å². The number of methoxy groups -OCH3 is 1. The number of piperidine rings is 1.